The summed E-state index contributed by atoms with van der Waals surface area (Å²) in [4.78, 5) is 9.59. The van der Waals surface area contributed by atoms with Gasteiger partial charge in [-0.25, -0.2) is 4.98 Å². The number of anilines is 4. The van der Waals surface area contributed by atoms with E-state index in [1.54, 1.807) is 6.20 Å². The van der Waals surface area contributed by atoms with Gasteiger partial charge in [-0.3, -0.25) is 0 Å². The van der Waals surface area contributed by atoms with E-state index in [9.17, 15) is 2.74 Å². The van der Waals surface area contributed by atoms with E-state index in [1.807, 2.05) is 63.2 Å². The van der Waals surface area contributed by atoms with Gasteiger partial charge in [0.25, 0.3) is 0 Å². The minimum atomic E-state index is -1.59. The van der Waals surface area contributed by atoms with Crippen LogP contribution in [-0.2, 0) is 49.1 Å². The van der Waals surface area contributed by atoms with Crippen molar-refractivity contribution in [2.75, 3.05) is 9.80 Å². The molecule has 4 heterocycles. The number of nitrogens with zero attached hydrogens (tertiary/aromatic N) is 4. The summed E-state index contributed by atoms with van der Waals surface area (Å²) < 4.78 is 34.0. The summed E-state index contributed by atoms with van der Waals surface area (Å²) >= 11 is 0. The second-order valence-electron chi connectivity index (χ2n) is 26.7. The summed E-state index contributed by atoms with van der Waals surface area (Å²) in [6.45, 7) is 35.7. The van der Waals surface area contributed by atoms with Crippen LogP contribution in [0.5, 0.6) is 11.5 Å². The summed E-state index contributed by atoms with van der Waals surface area (Å²) in [6.07, 6.45) is 0.182. The van der Waals surface area contributed by atoms with Gasteiger partial charge in [0.1, 0.15) is 17.0 Å². The minimum Gasteiger partial charge on any atom is -0.509 e. The molecule has 7 heteroatoms. The Labute approximate surface area is 503 Å². The number of para-hydroxylation sites is 4. The SMILES string of the molecule is [2H]C([2H])(c1cc(-n2c3[c-]c(Oc4[c-]c(N5[CH-]N(c6c(-c7cc(C(C)(C)C)cc(C(C)(C)C)c7)cccc6-c6cc(C(C)(C)C)cc(C(C)(C)C)c6)c6ccccc65)ccc4)ccc3c3c4oc5ccccc5c4ccc32)ncc1C)C(C)C.[Pt]. The average molecular weight is 1260 g/mol. The summed E-state index contributed by atoms with van der Waals surface area (Å²) in [5.41, 5.74) is 18.1. The van der Waals surface area contributed by atoms with E-state index in [1.165, 1.54) is 33.4 Å². The van der Waals surface area contributed by atoms with Gasteiger partial charge in [-0.05, 0) is 127 Å². The van der Waals surface area contributed by atoms with Crippen LogP contribution in [0.4, 0.5) is 22.7 Å². The van der Waals surface area contributed by atoms with Crippen molar-refractivity contribution in [3.05, 3.63) is 210 Å². The van der Waals surface area contributed by atoms with Crippen molar-refractivity contribution in [2.24, 2.45) is 5.92 Å². The Balaban J connectivity index is 0.00000736. The zero-order valence-corrected chi connectivity index (χ0v) is 52.4. The molecule has 0 spiro atoms. The van der Waals surface area contributed by atoms with Crippen LogP contribution in [0.3, 0.4) is 0 Å². The van der Waals surface area contributed by atoms with E-state index < -0.39 is 6.37 Å². The molecule has 82 heavy (non-hydrogen) atoms. The molecule has 3 aromatic heterocycles. The van der Waals surface area contributed by atoms with Gasteiger partial charge >= 0.3 is 0 Å². The standard InChI is InChI=1S/C75H75N4O2.Pt/c1-46(2)34-48-39-68(76-44-47(48)3)79-65-33-32-61-60-24-16-19-29-67(60)81-71(61)69(65)62-31-30-57(43-66(62)79)80-56-23-20-22-55(42-56)77-45-78(64-28-18-17-27-63(64)77)70-58(49-35-51(72(4,5)6)40-52(36-49)73(7,8)9)25-21-26-59(70)50-37-53(74(10,11)12)41-54(38-50)75(13,14)15;/h16-33,35-41,44-46H,34H2,1-15H3;/q-3;/i34D2;. The second kappa shape index (κ2) is 20.8. The molecule has 0 amide bonds. The molecule has 11 aromatic rings. The third kappa shape index (κ3) is 10.4. The van der Waals surface area contributed by atoms with Gasteiger partial charge in [0.05, 0.1) is 0 Å². The molecule has 6 nitrogen and oxygen atoms in total. The molecule has 420 valence electrons. The molecule has 0 N–H and O–H groups in total. The van der Waals surface area contributed by atoms with Crippen LogP contribution in [0.15, 0.2) is 162 Å². The molecular weight excluding hydrogens is 1180 g/mol. The maximum Gasteiger partial charge on any atom is 0.135 e. The Kier molecular flexibility index (Phi) is 13.7. The Morgan fingerprint density at radius 3 is 1.73 bits per heavy atom. The first-order chi connectivity index (χ1) is 39.1. The van der Waals surface area contributed by atoms with Crippen molar-refractivity contribution in [1.82, 2.24) is 9.55 Å². The molecule has 1 aliphatic heterocycles. The number of ether oxygens (including phenoxy) is 1. The van der Waals surface area contributed by atoms with Gasteiger partial charge in [0, 0.05) is 86.0 Å². The van der Waals surface area contributed by atoms with Crippen molar-refractivity contribution in [3.63, 3.8) is 0 Å². The number of aryl methyl sites for hydroxylation is 1. The second-order valence-corrected chi connectivity index (χ2v) is 26.7. The molecule has 12 rings (SSSR count). The van der Waals surface area contributed by atoms with Crippen LogP contribution in [-0.4, -0.2) is 9.55 Å². The van der Waals surface area contributed by atoms with Gasteiger partial charge < -0.3 is 23.5 Å². The van der Waals surface area contributed by atoms with Gasteiger partial charge in [-0.15, -0.1) is 42.7 Å². The smallest absolute Gasteiger partial charge is 0.135 e. The topological polar surface area (TPSA) is 46.7 Å². The zero-order valence-electron chi connectivity index (χ0n) is 52.1. The molecule has 0 atom stereocenters. The van der Waals surface area contributed by atoms with Gasteiger partial charge in [0.15, 0.2) is 0 Å². The van der Waals surface area contributed by atoms with Crippen LogP contribution in [0.25, 0.3) is 71.8 Å². The predicted octanol–water partition coefficient (Wildman–Crippen LogP) is 20.9. The van der Waals surface area contributed by atoms with Crippen molar-refractivity contribution in [1.29, 1.82) is 0 Å². The summed E-state index contributed by atoms with van der Waals surface area (Å²) in [7, 11) is 0. The predicted molar refractivity (Wildman–Crippen MR) is 340 cm³/mol. The molecular formula is C75H75N4O2Pt-3. The van der Waals surface area contributed by atoms with Gasteiger partial charge in [-0.2, -0.15) is 12.1 Å². The quantitative estimate of drug-likeness (QED) is 0.135. The molecule has 0 saturated carbocycles. The van der Waals surface area contributed by atoms with E-state index in [0.717, 1.165) is 83.2 Å². The fourth-order valence-corrected chi connectivity index (χ4v) is 11.4. The van der Waals surface area contributed by atoms with Gasteiger partial charge in [-0.1, -0.05) is 193 Å². The zero-order chi connectivity index (χ0) is 58.9. The third-order valence-electron chi connectivity index (χ3n) is 16.0. The van der Waals surface area contributed by atoms with Crippen LogP contribution in [0.2, 0.25) is 0 Å². The number of aromatic nitrogens is 2. The van der Waals surface area contributed by atoms with E-state index in [2.05, 4.69) is 225 Å². The van der Waals surface area contributed by atoms with Crippen LogP contribution >= 0.6 is 0 Å². The molecule has 0 fully saturated rings. The van der Waals surface area contributed by atoms with Gasteiger partial charge in [0.2, 0.25) is 0 Å². The number of pyridine rings is 1. The summed E-state index contributed by atoms with van der Waals surface area (Å²) in [5.74, 6) is 1.33. The molecule has 0 bridgehead atoms. The van der Waals surface area contributed by atoms with E-state index in [-0.39, 0.29) is 48.6 Å². The Morgan fingerprint density at radius 2 is 1.13 bits per heavy atom. The molecule has 0 unspecified atom stereocenters. The Hall–Kier alpha value is -7.40. The maximum absolute atomic E-state index is 9.18. The maximum atomic E-state index is 9.18. The van der Waals surface area contributed by atoms with Crippen LogP contribution < -0.4 is 14.5 Å². The number of furan rings is 1. The monoisotopic (exact) mass is 1260 g/mol. The molecule has 0 radical (unpaired) electrons. The first-order valence-electron chi connectivity index (χ1n) is 29.6. The minimum absolute atomic E-state index is 0. The number of benzene rings is 8. The normalized spacial score (nSPS) is 13.8. The average Bonchev–Trinajstić information content (AvgIpc) is 2.35. The largest absolute Gasteiger partial charge is 0.509 e. The third-order valence-corrected chi connectivity index (χ3v) is 16.0. The van der Waals surface area contributed by atoms with Crippen LogP contribution in [0.1, 0.15) is 133 Å². The van der Waals surface area contributed by atoms with Crippen molar-refractivity contribution in [2.45, 2.75) is 132 Å². The Bertz CT molecular complexity index is 4210. The molecule has 8 aromatic carbocycles. The fraction of sp³-hybridized carbons (Fsp3) is 0.280. The number of rotatable bonds is 9. The molecule has 0 saturated heterocycles. The summed E-state index contributed by atoms with van der Waals surface area (Å²) in [5, 5.41) is 3.89. The van der Waals surface area contributed by atoms with E-state index in [4.69, 9.17) is 14.1 Å². The number of hydrogen-bond donors (Lipinski definition) is 0. The Morgan fingerprint density at radius 1 is 0.585 bits per heavy atom. The molecule has 0 aliphatic carbocycles. The molecule has 1 aliphatic rings. The van der Waals surface area contributed by atoms with Crippen molar-refractivity contribution < 1.29 is 33.0 Å². The van der Waals surface area contributed by atoms with E-state index >= 15 is 0 Å². The number of fused-ring (bicyclic) bond motifs is 8. The number of hydrogen-bond acceptors (Lipinski definition) is 5. The van der Waals surface area contributed by atoms with Crippen molar-refractivity contribution >= 4 is 66.5 Å². The first-order valence-corrected chi connectivity index (χ1v) is 28.6. The van der Waals surface area contributed by atoms with E-state index in [0.29, 0.717) is 22.9 Å². The first kappa shape index (κ1) is 53.9. The fourth-order valence-electron chi connectivity index (χ4n) is 11.4. The summed E-state index contributed by atoms with van der Waals surface area (Å²) in [6, 6.07) is 61.6. The van der Waals surface area contributed by atoms with Crippen LogP contribution in [0, 0.1) is 31.6 Å². The van der Waals surface area contributed by atoms with Crippen molar-refractivity contribution in [3.8, 4) is 39.6 Å².